The lowest BCUT2D eigenvalue weighted by Crippen LogP contribution is -2.40. The van der Waals surface area contributed by atoms with Gasteiger partial charge in [-0.3, -0.25) is 0 Å². The molecule has 0 atom stereocenters. The first-order valence-corrected chi connectivity index (χ1v) is 8.27. The number of ether oxygens (including phenoxy) is 1. The van der Waals surface area contributed by atoms with Crippen molar-refractivity contribution < 1.29 is 13.2 Å². The molecule has 20 heavy (non-hydrogen) atoms. The average molecular weight is 319 g/mol. The molecule has 0 aromatic heterocycles. The zero-order chi connectivity index (χ0) is 14.9. The zero-order valence-electron chi connectivity index (χ0n) is 11.6. The van der Waals surface area contributed by atoms with E-state index < -0.39 is 10.0 Å². The van der Waals surface area contributed by atoms with Gasteiger partial charge in [-0.05, 0) is 37.5 Å². The zero-order valence-corrected chi connectivity index (χ0v) is 13.2. The largest absolute Gasteiger partial charge is 0.397 e. The van der Waals surface area contributed by atoms with Crippen molar-refractivity contribution in [1.82, 2.24) is 4.31 Å². The van der Waals surface area contributed by atoms with Gasteiger partial charge in [-0.1, -0.05) is 11.6 Å². The predicted molar refractivity (Wildman–Crippen MR) is 79.4 cm³/mol. The quantitative estimate of drug-likeness (QED) is 0.865. The number of hydrogen-bond donors (Lipinski definition) is 1. The van der Waals surface area contributed by atoms with Crippen molar-refractivity contribution in [1.29, 1.82) is 0 Å². The Morgan fingerprint density at radius 2 is 1.95 bits per heavy atom. The molecule has 1 aromatic rings. The Labute approximate surface area is 124 Å². The molecule has 1 heterocycles. The Morgan fingerprint density at radius 1 is 1.35 bits per heavy atom. The van der Waals surface area contributed by atoms with Gasteiger partial charge in [-0.25, -0.2) is 8.42 Å². The summed E-state index contributed by atoms with van der Waals surface area (Å²) in [5.41, 5.74) is 6.60. The van der Waals surface area contributed by atoms with Crippen LogP contribution in [0.4, 0.5) is 5.69 Å². The van der Waals surface area contributed by atoms with Crippen molar-refractivity contribution in [3.63, 3.8) is 0 Å². The van der Waals surface area contributed by atoms with Crippen LogP contribution in [0.15, 0.2) is 17.0 Å². The van der Waals surface area contributed by atoms with Gasteiger partial charge in [-0.15, -0.1) is 0 Å². The molecule has 0 spiro atoms. The third-order valence-corrected chi connectivity index (χ3v) is 6.04. The number of anilines is 1. The number of nitrogen functional groups attached to an aromatic ring is 1. The second kappa shape index (κ2) is 5.89. The molecule has 0 unspecified atom stereocenters. The Kier molecular flexibility index (Phi) is 4.59. The van der Waals surface area contributed by atoms with Crippen molar-refractivity contribution >= 4 is 27.3 Å². The molecule has 2 rings (SSSR count). The maximum absolute atomic E-state index is 12.7. The van der Waals surface area contributed by atoms with E-state index in [0.29, 0.717) is 36.6 Å². The number of halogens is 1. The maximum atomic E-state index is 12.7. The molecule has 112 valence electrons. The van der Waals surface area contributed by atoms with E-state index in [9.17, 15) is 8.42 Å². The van der Waals surface area contributed by atoms with Crippen molar-refractivity contribution in [3.8, 4) is 0 Å². The number of nitrogens with two attached hydrogens (primary N) is 1. The van der Waals surface area contributed by atoms with Crippen LogP contribution < -0.4 is 5.73 Å². The third-order valence-electron chi connectivity index (χ3n) is 3.66. The summed E-state index contributed by atoms with van der Waals surface area (Å²) >= 11 is 5.91. The van der Waals surface area contributed by atoms with Crippen LogP contribution >= 0.6 is 11.6 Å². The smallest absolute Gasteiger partial charge is 0.243 e. The van der Waals surface area contributed by atoms with Crippen LogP contribution in [0.1, 0.15) is 18.4 Å². The molecular formula is C13H19ClN2O3S. The van der Waals surface area contributed by atoms with Gasteiger partial charge in [0.2, 0.25) is 10.0 Å². The van der Waals surface area contributed by atoms with E-state index in [1.807, 2.05) is 0 Å². The first kappa shape index (κ1) is 15.6. The van der Waals surface area contributed by atoms with Gasteiger partial charge in [0.15, 0.2) is 0 Å². The number of nitrogens with zero attached hydrogens (tertiary/aromatic N) is 1. The predicted octanol–water partition coefficient (Wildman–Crippen LogP) is 2.03. The summed E-state index contributed by atoms with van der Waals surface area (Å²) in [5, 5.41) is 0.371. The van der Waals surface area contributed by atoms with Gasteiger partial charge in [-0.2, -0.15) is 4.31 Å². The van der Waals surface area contributed by atoms with Crippen molar-refractivity contribution in [2.24, 2.45) is 0 Å². The summed E-state index contributed by atoms with van der Waals surface area (Å²) in [4.78, 5) is 0.216. The fraction of sp³-hybridized carbons (Fsp3) is 0.538. The fourth-order valence-corrected chi connectivity index (χ4v) is 4.22. The van der Waals surface area contributed by atoms with Crippen LogP contribution in [0.3, 0.4) is 0 Å². The number of rotatable bonds is 3. The summed E-state index contributed by atoms with van der Waals surface area (Å²) < 4.78 is 32.1. The Bertz CT molecular complexity index is 598. The number of benzene rings is 1. The molecule has 0 radical (unpaired) electrons. The lowest BCUT2D eigenvalue weighted by Gasteiger charge is -2.30. The standard InChI is InChI=1S/C13H19ClN2O3S/c1-9-7-11(14)12(15)8-13(9)20(17,18)16(2)10-3-5-19-6-4-10/h7-8,10H,3-6,15H2,1-2H3. The summed E-state index contributed by atoms with van der Waals surface area (Å²) in [6.45, 7) is 2.90. The Morgan fingerprint density at radius 3 is 2.55 bits per heavy atom. The minimum Gasteiger partial charge on any atom is -0.397 e. The molecular weight excluding hydrogens is 300 g/mol. The molecule has 0 amide bonds. The normalized spacial score (nSPS) is 17.6. The molecule has 5 nitrogen and oxygen atoms in total. The molecule has 0 saturated carbocycles. The number of aryl methyl sites for hydroxylation is 1. The highest BCUT2D eigenvalue weighted by Crippen LogP contribution is 2.29. The van der Waals surface area contributed by atoms with Crippen molar-refractivity contribution in [2.75, 3.05) is 26.0 Å². The highest BCUT2D eigenvalue weighted by Gasteiger charge is 2.30. The molecule has 2 N–H and O–H groups in total. The molecule has 7 heteroatoms. The van der Waals surface area contributed by atoms with Gasteiger partial charge in [0.1, 0.15) is 0 Å². The van der Waals surface area contributed by atoms with E-state index in [-0.39, 0.29) is 16.6 Å². The van der Waals surface area contributed by atoms with Crippen LogP contribution in [-0.2, 0) is 14.8 Å². The van der Waals surface area contributed by atoms with Gasteiger partial charge in [0.05, 0.1) is 15.6 Å². The van der Waals surface area contributed by atoms with Crippen molar-refractivity contribution in [2.45, 2.75) is 30.7 Å². The molecule has 1 aliphatic rings. The maximum Gasteiger partial charge on any atom is 0.243 e. The van der Waals surface area contributed by atoms with Crippen LogP contribution in [0.5, 0.6) is 0 Å². The number of sulfonamides is 1. The Balaban J connectivity index is 2.36. The topological polar surface area (TPSA) is 72.6 Å². The highest BCUT2D eigenvalue weighted by molar-refractivity contribution is 7.89. The first-order valence-electron chi connectivity index (χ1n) is 6.45. The number of hydrogen-bond acceptors (Lipinski definition) is 4. The van der Waals surface area contributed by atoms with E-state index in [1.54, 1.807) is 20.0 Å². The van der Waals surface area contributed by atoms with Gasteiger partial charge >= 0.3 is 0 Å². The lowest BCUT2D eigenvalue weighted by atomic mass is 10.1. The molecule has 1 fully saturated rings. The molecule has 1 aromatic carbocycles. The average Bonchev–Trinajstić information content (AvgIpc) is 2.42. The van der Waals surface area contributed by atoms with Crippen LogP contribution in [0.2, 0.25) is 5.02 Å². The summed E-state index contributed by atoms with van der Waals surface area (Å²) in [7, 11) is -1.96. The second-order valence-corrected chi connectivity index (χ2v) is 7.38. The van der Waals surface area contributed by atoms with Crippen LogP contribution in [0.25, 0.3) is 0 Å². The van der Waals surface area contributed by atoms with E-state index >= 15 is 0 Å². The second-order valence-electron chi connectivity index (χ2n) is 5.00. The summed E-state index contributed by atoms with van der Waals surface area (Å²) in [6, 6.07) is 2.98. The summed E-state index contributed by atoms with van der Waals surface area (Å²) in [6.07, 6.45) is 1.41. The van der Waals surface area contributed by atoms with E-state index in [2.05, 4.69) is 0 Å². The fourth-order valence-electron chi connectivity index (χ4n) is 2.35. The van der Waals surface area contributed by atoms with Crippen molar-refractivity contribution in [3.05, 3.63) is 22.7 Å². The first-order chi connectivity index (χ1) is 9.34. The molecule has 1 saturated heterocycles. The van der Waals surface area contributed by atoms with E-state index in [4.69, 9.17) is 22.1 Å². The monoisotopic (exact) mass is 318 g/mol. The minimum atomic E-state index is -3.57. The Hall–Kier alpha value is -0.820. The molecule has 1 aliphatic heterocycles. The molecule has 0 bridgehead atoms. The molecule has 0 aliphatic carbocycles. The van der Waals surface area contributed by atoms with E-state index in [1.165, 1.54) is 10.4 Å². The summed E-state index contributed by atoms with van der Waals surface area (Å²) in [5.74, 6) is 0. The van der Waals surface area contributed by atoms with E-state index in [0.717, 1.165) is 0 Å². The van der Waals surface area contributed by atoms with Gasteiger partial charge in [0.25, 0.3) is 0 Å². The minimum absolute atomic E-state index is 0.0370. The van der Waals surface area contributed by atoms with Gasteiger partial charge in [0, 0.05) is 26.3 Å². The van der Waals surface area contributed by atoms with Gasteiger partial charge < -0.3 is 10.5 Å². The third kappa shape index (κ3) is 2.93. The lowest BCUT2D eigenvalue weighted by molar-refractivity contribution is 0.0632. The SMILES string of the molecule is Cc1cc(Cl)c(N)cc1S(=O)(=O)N(C)C1CCOCC1. The van der Waals surface area contributed by atoms with Crippen LogP contribution in [0, 0.1) is 6.92 Å². The van der Waals surface area contributed by atoms with Crippen LogP contribution in [-0.4, -0.2) is 39.0 Å². The highest BCUT2D eigenvalue weighted by atomic mass is 35.5.